The van der Waals surface area contributed by atoms with Gasteiger partial charge in [0, 0.05) is 5.88 Å². The highest BCUT2D eigenvalue weighted by molar-refractivity contribution is 6.18. The van der Waals surface area contributed by atoms with Gasteiger partial charge in [-0.15, -0.1) is 11.6 Å². The largest absolute Gasteiger partial charge is 0.454 e. The molecule has 1 aromatic rings. The molecule has 1 saturated carbocycles. The van der Waals surface area contributed by atoms with E-state index < -0.39 is 0 Å². The van der Waals surface area contributed by atoms with Crippen LogP contribution < -0.4 is 9.47 Å². The van der Waals surface area contributed by atoms with Crippen LogP contribution in [-0.4, -0.2) is 12.7 Å². The van der Waals surface area contributed by atoms with Crippen LogP contribution in [0.15, 0.2) is 18.2 Å². The van der Waals surface area contributed by atoms with Crippen molar-refractivity contribution in [3.8, 4) is 11.5 Å². The first-order valence-electron chi connectivity index (χ1n) is 6.16. The maximum absolute atomic E-state index is 5.91. The van der Waals surface area contributed by atoms with Gasteiger partial charge in [0.25, 0.3) is 0 Å². The minimum atomic E-state index is 0.352. The van der Waals surface area contributed by atoms with Crippen LogP contribution in [0.5, 0.6) is 11.5 Å². The summed E-state index contributed by atoms with van der Waals surface area (Å²) in [5.41, 5.74) is 1.80. The van der Waals surface area contributed by atoms with Crippen LogP contribution in [0, 0.1) is 11.3 Å². The first kappa shape index (κ1) is 11.2. The van der Waals surface area contributed by atoms with E-state index in [1.54, 1.807) is 0 Å². The lowest BCUT2D eigenvalue weighted by Crippen LogP contribution is -2.01. The molecule has 0 bridgehead atoms. The van der Waals surface area contributed by atoms with Crippen LogP contribution in [0.2, 0.25) is 0 Å². The van der Waals surface area contributed by atoms with Crippen LogP contribution >= 0.6 is 11.6 Å². The summed E-state index contributed by atoms with van der Waals surface area (Å²) >= 11 is 5.91. The Morgan fingerprint density at radius 3 is 2.94 bits per heavy atom. The molecule has 2 nitrogen and oxygen atoms in total. The van der Waals surface area contributed by atoms with E-state index in [4.69, 9.17) is 21.1 Å². The highest BCUT2D eigenvalue weighted by Gasteiger charge is 2.48. The van der Waals surface area contributed by atoms with Crippen LogP contribution in [0.1, 0.15) is 25.3 Å². The van der Waals surface area contributed by atoms with Gasteiger partial charge in [0.15, 0.2) is 11.5 Å². The summed E-state index contributed by atoms with van der Waals surface area (Å²) in [6.07, 6.45) is 3.59. The van der Waals surface area contributed by atoms with Gasteiger partial charge in [-0.1, -0.05) is 13.0 Å². The molecule has 1 aliphatic heterocycles. The lowest BCUT2D eigenvalue weighted by Gasteiger charge is -2.10. The van der Waals surface area contributed by atoms with Crippen LogP contribution in [-0.2, 0) is 6.42 Å². The van der Waals surface area contributed by atoms with Crippen molar-refractivity contribution in [1.29, 1.82) is 0 Å². The molecule has 2 atom stereocenters. The van der Waals surface area contributed by atoms with Gasteiger partial charge in [0.05, 0.1) is 0 Å². The summed E-state index contributed by atoms with van der Waals surface area (Å²) in [4.78, 5) is 0. The number of hydrogen-bond acceptors (Lipinski definition) is 2. The second-order valence-electron chi connectivity index (χ2n) is 5.40. The Kier molecular flexibility index (Phi) is 2.70. The highest BCUT2D eigenvalue weighted by atomic mass is 35.5. The third-order valence-corrected chi connectivity index (χ3v) is 4.52. The zero-order valence-electron chi connectivity index (χ0n) is 10.0. The van der Waals surface area contributed by atoms with Gasteiger partial charge in [-0.25, -0.2) is 0 Å². The lowest BCUT2D eigenvalue weighted by atomic mass is 9.96. The third kappa shape index (κ3) is 2.11. The summed E-state index contributed by atoms with van der Waals surface area (Å²) in [5.74, 6) is 3.28. The number of rotatable bonds is 4. The normalized spacial score (nSPS) is 29.4. The average Bonchev–Trinajstić information content (AvgIpc) is 2.79. The van der Waals surface area contributed by atoms with Crippen LogP contribution in [0.3, 0.4) is 0 Å². The quantitative estimate of drug-likeness (QED) is 0.762. The lowest BCUT2D eigenvalue weighted by molar-refractivity contribution is 0.174. The number of hydrogen-bond donors (Lipinski definition) is 0. The molecule has 1 fully saturated rings. The van der Waals surface area contributed by atoms with Gasteiger partial charge >= 0.3 is 0 Å². The topological polar surface area (TPSA) is 18.5 Å². The summed E-state index contributed by atoms with van der Waals surface area (Å²) in [6, 6.07) is 6.24. The van der Waals surface area contributed by atoms with E-state index in [1.165, 1.54) is 18.4 Å². The fraction of sp³-hybridized carbons (Fsp3) is 0.571. The minimum Gasteiger partial charge on any atom is -0.454 e. The Morgan fingerprint density at radius 1 is 1.35 bits per heavy atom. The van der Waals surface area contributed by atoms with Crippen molar-refractivity contribution in [3.63, 3.8) is 0 Å². The Balaban J connectivity index is 1.63. The molecule has 0 amide bonds. The predicted octanol–water partition coefficient (Wildman–Crippen LogP) is 3.61. The van der Waals surface area contributed by atoms with Crippen molar-refractivity contribution in [3.05, 3.63) is 23.8 Å². The van der Waals surface area contributed by atoms with Gasteiger partial charge in [-0.05, 0) is 48.3 Å². The zero-order chi connectivity index (χ0) is 11.9. The van der Waals surface area contributed by atoms with Crippen molar-refractivity contribution in [1.82, 2.24) is 0 Å². The first-order chi connectivity index (χ1) is 8.21. The van der Waals surface area contributed by atoms with Crippen LogP contribution in [0.4, 0.5) is 0 Å². The molecule has 2 aliphatic rings. The molecule has 0 spiro atoms. The SMILES string of the molecule is CC1(CCc2ccc3c(c2)OCO3)CC1CCl. The van der Waals surface area contributed by atoms with E-state index in [0.29, 0.717) is 12.2 Å². The monoisotopic (exact) mass is 252 g/mol. The van der Waals surface area contributed by atoms with Crippen molar-refractivity contribution >= 4 is 11.6 Å². The van der Waals surface area contributed by atoms with Crippen LogP contribution in [0.25, 0.3) is 0 Å². The smallest absolute Gasteiger partial charge is 0.231 e. The van der Waals surface area contributed by atoms with E-state index in [-0.39, 0.29) is 0 Å². The number of aryl methyl sites for hydroxylation is 1. The predicted molar refractivity (Wildman–Crippen MR) is 67.8 cm³/mol. The Hall–Kier alpha value is -0.890. The van der Waals surface area contributed by atoms with E-state index >= 15 is 0 Å². The molecule has 3 heteroatoms. The number of ether oxygens (including phenoxy) is 2. The Morgan fingerprint density at radius 2 is 2.18 bits per heavy atom. The highest BCUT2D eigenvalue weighted by Crippen LogP contribution is 2.55. The molecular weight excluding hydrogens is 236 g/mol. The number of halogens is 1. The fourth-order valence-electron chi connectivity index (χ4n) is 2.58. The standard InChI is InChI=1S/C14H17ClO2/c1-14(7-11(14)8-15)5-4-10-2-3-12-13(6-10)17-9-16-12/h2-3,6,11H,4-5,7-9H2,1H3. The summed E-state index contributed by atoms with van der Waals surface area (Å²) in [5, 5.41) is 0. The number of fused-ring (bicyclic) bond motifs is 1. The third-order valence-electron chi connectivity index (χ3n) is 4.15. The maximum Gasteiger partial charge on any atom is 0.231 e. The molecule has 92 valence electrons. The molecule has 3 rings (SSSR count). The van der Waals surface area contributed by atoms with Crippen molar-refractivity contribution in [2.75, 3.05) is 12.7 Å². The molecule has 1 heterocycles. The molecule has 1 aromatic carbocycles. The van der Waals surface area contributed by atoms with Gasteiger partial charge in [0.1, 0.15) is 0 Å². The molecule has 17 heavy (non-hydrogen) atoms. The minimum absolute atomic E-state index is 0.352. The van der Waals surface area contributed by atoms with Crippen molar-refractivity contribution < 1.29 is 9.47 Å². The number of alkyl halides is 1. The Labute approximate surface area is 107 Å². The summed E-state index contributed by atoms with van der Waals surface area (Å²) < 4.78 is 10.7. The molecule has 2 unspecified atom stereocenters. The second-order valence-corrected chi connectivity index (χ2v) is 5.71. The average molecular weight is 253 g/mol. The van der Waals surface area contributed by atoms with E-state index in [9.17, 15) is 0 Å². The molecule has 0 radical (unpaired) electrons. The summed E-state index contributed by atoms with van der Waals surface area (Å²) in [6.45, 7) is 2.69. The van der Waals surface area contributed by atoms with Gasteiger partial charge < -0.3 is 9.47 Å². The molecule has 0 saturated heterocycles. The van der Waals surface area contributed by atoms with Gasteiger partial charge in [-0.3, -0.25) is 0 Å². The first-order valence-corrected chi connectivity index (χ1v) is 6.69. The molecule has 0 aromatic heterocycles. The molecular formula is C14H17ClO2. The van der Waals surface area contributed by atoms with E-state index in [1.807, 2.05) is 6.07 Å². The van der Waals surface area contributed by atoms with E-state index in [2.05, 4.69) is 19.1 Å². The van der Waals surface area contributed by atoms with E-state index in [0.717, 1.165) is 29.7 Å². The zero-order valence-corrected chi connectivity index (χ0v) is 10.8. The maximum atomic E-state index is 5.91. The second kappa shape index (κ2) is 4.09. The summed E-state index contributed by atoms with van der Waals surface area (Å²) in [7, 11) is 0. The number of benzene rings is 1. The fourth-order valence-corrected chi connectivity index (χ4v) is 3.06. The van der Waals surface area contributed by atoms with Crippen molar-refractivity contribution in [2.45, 2.75) is 26.2 Å². The molecule has 0 N–H and O–H groups in total. The molecule has 1 aliphatic carbocycles. The van der Waals surface area contributed by atoms with Crippen molar-refractivity contribution in [2.24, 2.45) is 11.3 Å². The van der Waals surface area contributed by atoms with Gasteiger partial charge in [-0.2, -0.15) is 0 Å². The Bertz CT molecular complexity index is 432. The van der Waals surface area contributed by atoms with Gasteiger partial charge in [0.2, 0.25) is 6.79 Å².